The van der Waals surface area contributed by atoms with E-state index in [4.69, 9.17) is 5.73 Å². The Labute approximate surface area is 79.0 Å². The SMILES string of the molecule is Cc1c[c-]nc(N)n1.[Y]. The van der Waals surface area contributed by atoms with Crippen LogP contribution in [0.15, 0.2) is 6.07 Å². The molecule has 1 aromatic heterocycles. The predicted molar refractivity (Wildman–Crippen MR) is 30.0 cm³/mol. The minimum Gasteiger partial charge on any atom is -0.420 e. The molecule has 1 aromatic rings. The van der Waals surface area contributed by atoms with Crippen LogP contribution >= 0.6 is 0 Å². The quantitative estimate of drug-likeness (QED) is 0.603. The van der Waals surface area contributed by atoms with E-state index in [9.17, 15) is 0 Å². The molecule has 45 valence electrons. The second-order valence-corrected chi connectivity index (χ2v) is 1.50. The van der Waals surface area contributed by atoms with Crippen molar-refractivity contribution in [2.24, 2.45) is 0 Å². The van der Waals surface area contributed by atoms with Gasteiger partial charge < -0.3 is 15.7 Å². The summed E-state index contributed by atoms with van der Waals surface area (Å²) in [5.41, 5.74) is 6.05. The Morgan fingerprint density at radius 3 is 2.67 bits per heavy atom. The molecule has 3 nitrogen and oxygen atoms in total. The van der Waals surface area contributed by atoms with E-state index in [1.807, 2.05) is 6.92 Å². The van der Waals surface area contributed by atoms with E-state index in [1.54, 1.807) is 6.07 Å². The van der Waals surface area contributed by atoms with Gasteiger partial charge in [-0.05, 0) is 0 Å². The van der Waals surface area contributed by atoms with E-state index in [2.05, 4.69) is 16.2 Å². The number of hydrogen-bond donors (Lipinski definition) is 1. The summed E-state index contributed by atoms with van der Waals surface area (Å²) in [4.78, 5) is 7.39. The first kappa shape index (κ1) is 8.98. The molecule has 9 heavy (non-hydrogen) atoms. The zero-order valence-electron chi connectivity index (χ0n) is 5.13. The summed E-state index contributed by atoms with van der Waals surface area (Å²) < 4.78 is 0. The van der Waals surface area contributed by atoms with Gasteiger partial charge in [0, 0.05) is 32.7 Å². The maximum atomic E-state index is 5.21. The summed E-state index contributed by atoms with van der Waals surface area (Å²) in [7, 11) is 0. The third-order valence-corrected chi connectivity index (χ3v) is 0.743. The van der Waals surface area contributed by atoms with Crippen LogP contribution in [0.3, 0.4) is 0 Å². The molecule has 0 bridgehead atoms. The van der Waals surface area contributed by atoms with Crippen LogP contribution in [0.1, 0.15) is 5.69 Å². The third kappa shape index (κ3) is 2.87. The number of nitrogens with zero attached hydrogens (tertiary/aromatic N) is 2. The predicted octanol–water partition coefficient (Wildman–Crippen LogP) is 0.165. The van der Waals surface area contributed by atoms with Crippen molar-refractivity contribution in [1.29, 1.82) is 0 Å². The van der Waals surface area contributed by atoms with Crippen LogP contribution < -0.4 is 5.73 Å². The van der Waals surface area contributed by atoms with Crippen molar-refractivity contribution >= 4 is 5.95 Å². The summed E-state index contributed by atoms with van der Waals surface area (Å²) in [6.07, 6.45) is 2.59. The van der Waals surface area contributed by atoms with E-state index in [0.717, 1.165) is 5.69 Å². The van der Waals surface area contributed by atoms with Gasteiger partial charge in [0.05, 0.1) is 0 Å². The topological polar surface area (TPSA) is 51.8 Å². The molecule has 0 atom stereocenters. The smallest absolute Gasteiger partial charge is 0.103 e. The zero-order chi connectivity index (χ0) is 5.98. The second-order valence-electron chi connectivity index (χ2n) is 1.50. The standard InChI is InChI=1S/C5H6N3.Y/c1-4-2-3-7-5(6)8-4;/h2H,1H3,(H2,6,7,8);/q-1;. The fraction of sp³-hybridized carbons (Fsp3) is 0.200. The molecule has 2 N–H and O–H groups in total. The Morgan fingerprint density at radius 1 is 1.67 bits per heavy atom. The van der Waals surface area contributed by atoms with Gasteiger partial charge in [-0.25, -0.2) is 0 Å². The van der Waals surface area contributed by atoms with Gasteiger partial charge in [-0.1, -0.05) is 18.8 Å². The maximum absolute atomic E-state index is 5.21. The summed E-state index contributed by atoms with van der Waals surface area (Å²) in [6.45, 7) is 1.84. The molecular weight excluding hydrogens is 191 g/mol. The maximum Gasteiger partial charge on any atom is 0.103 e. The molecule has 0 spiro atoms. The van der Waals surface area contributed by atoms with Crippen LogP contribution in [-0.4, -0.2) is 9.97 Å². The van der Waals surface area contributed by atoms with E-state index >= 15 is 0 Å². The summed E-state index contributed by atoms with van der Waals surface area (Å²) in [6, 6.07) is 1.68. The van der Waals surface area contributed by atoms with Crippen molar-refractivity contribution in [2.45, 2.75) is 6.92 Å². The second kappa shape index (κ2) is 3.91. The first-order valence-corrected chi connectivity index (χ1v) is 2.26. The van der Waals surface area contributed by atoms with Gasteiger partial charge in [0.15, 0.2) is 0 Å². The van der Waals surface area contributed by atoms with Crippen molar-refractivity contribution in [1.82, 2.24) is 9.97 Å². The molecule has 0 unspecified atom stereocenters. The van der Waals surface area contributed by atoms with Gasteiger partial charge in [0.2, 0.25) is 0 Å². The van der Waals surface area contributed by atoms with Gasteiger partial charge in [-0.3, -0.25) is 0 Å². The summed E-state index contributed by atoms with van der Waals surface area (Å²) in [5.74, 6) is 0.282. The number of aromatic nitrogens is 2. The number of nitrogen functional groups attached to an aromatic ring is 1. The van der Waals surface area contributed by atoms with Crippen LogP contribution in [-0.2, 0) is 32.7 Å². The normalized spacial score (nSPS) is 8.11. The summed E-state index contributed by atoms with van der Waals surface area (Å²) in [5, 5.41) is 0. The Morgan fingerprint density at radius 2 is 2.33 bits per heavy atom. The van der Waals surface area contributed by atoms with E-state index in [0.29, 0.717) is 0 Å². The van der Waals surface area contributed by atoms with Crippen LogP contribution in [0.25, 0.3) is 0 Å². The molecule has 0 amide bonds. The molecule has 0 aliphatic heterocycles. The molecule has 0 saturated carbocycles. The molecule has 0 aliphatic carbocycles. The number of aryl methyl sites for hydroxylation is 1. The van der Waals surface area contributed by atoms with Crippen LogP contribution in [0.2, 0.25) is 0 Å². The fourth-order valence-corrected chi connectivity index (χ4v) is 0.430. The van der Waals surface area contributed by atoms with Crippen LogP contribution in [0.5, 0.6) is 0 Å². The molecular formula is C5H6N3Y-. The first-order chi connectivity index (χ1) is 3.79. The molecule has 1 rings (SSSR count). The minimum absolute atomic E-state index is 0. The Kier molecular flexibility index (Phi) is 3.90. The first-order valence-electron chi connectivity index (χ1n) is 2.26. The van der Waals surface area contributed by atoms with Crippen molar-refractivity contribution in [3.05, 3.63) is 18.0 Å². The van der Waals surface area contributed by atoms with Gasteiger partial charge in [-0.2, -0.15) is 0 Å². The van der Waals surface area contributed by atoms with Gasteiger partial charge in [-0.15, -0.1) is 6.07 Å². The third-order valence-electron chi connectivity index (χ3n) is 0.743. The van der Waals surface area contributed by atoms with Crippen molar-refractivity contribution in [2.75, 3.05) is 5.73 Å². The van der Waals surface area contributed by atoms with Gasteiger partial charge in [0.25, 0.3) is 0 Å². The molecule has 0 aliphatic rings. The van der Waals surface area contributed by atoms with Crippen LogP contribution in [0, 0.1) is 13.1 Å². The van der Waals surface area contributed by atoms with E-state index < -0.39 is 0 Å². The fourth-order valence-electron chi connectivity index (χ4n) is 0.430. The Balaban J connectivity index is 0.000000640. The molecule has 4 heteroatoms. The van der Waals surface area contributed by atoms with E-state index in [1.165, 1.54) is 0 Å². The molecule has 0 aromatic carbocycles. The largest absolute Gasteiger partial charge is 0.420 e. The van der Waals surface area contributed by atoms with Gasteiger partial charge in [0.1, 0.15) is 5.95 Å². The van der Waals surface area contributed by atoms with Crippen molar-refractivity contribution in [3.8, 4) is 0 Å². The number of rotatable bonds is 0. The Bertz CT molecular complexity index is 172. The minimum atomic E-state index is 0. The number of nitrogens with two attached hydrogens (primary N) is 1. The molecule has 0 saturated heterocycles. The number of anilines is 1. The van der Waals surface area contributed by atoms with Crippen molar-refractivity contribution < 1.29 is 32.7 Å². The Hall–Kier alpha value is -0.0161. The van der Waals surface area contributed by atoms with Gasteiger partial charge >= 0.3 is 0 Å². The van der Waals surface area contributed by atoms with Crippen LogP contribution in [0.4, 0.5) is 5.95 Å². The monoisotopic (exact) mass is 197 g/mol. The number of hydrogen-bond acceptors (Lipinski definition) is 3. The molecule has 1 radical (unpaired) electrons. The van der Waals surface area contributed by atoms with E-state index in [-0.39, 0.29) is 38.7 Å². The average Bonchev–Trinajstić information content (AvgIpc) is 1.64. The molecule has 1 heterocycles. The zero-order valence-corrected chi connectivity index (χ0v) is 7.96. The van der Waals surface area contributed by atoms with Crippen molar-refractivity contribution in [3.63, 3.8) is 0 Å². The summed E-state index contributed by atoms with van der Waals surface area (Å²) >= 11 is 0. The average molecular weight is 197 g/mol. The molecule has 0 fully saturated rings.